The normalized spacial score (nSPS) is 24.0. The molecule has 0 bridgehead atoms. The van der Waals surface area contributed by atoms with E-state index < -0.39 is 50.8 Å². The fourth-order valence-electron chi connectivity index (χ4n) is 4.48. The van der Waals surface area contributed by atoms with Gasteiger partial charge in [-0.2, -0.15) is 9.97 Å². The average molecular weight is 694 g/mol. The van der Waals surface area contributed by atoms with Gasteiger partial charge < -0.3 is 41.2 Å². The van der Waals surface area contributed by atoms with Gasteiger partial charge in [0.05, 0.1) is 32.0 Å². The predicted octanol–water partition coefficient (Wildman–Crippen LogP) is 0.563. The van der Waals surface area contributed by atoms with Gasteiger partial charge in [-0.25, -0.2) is 29.1 Å². The highest BCUT2D eigenvalue weighted by Gasteiger charge is 2.49. The average Bonchev–Trinajstić information content (AvgIpc) is 3.64. The summed E-state index contributed by atoms with van der Waals surface area (Å²) in [5.74, 6) is 0.224. The van der Waals surface area contributed by atoms with Crippen molar-refractivity contribution in [3.8, 4) is 0 Å². The van der Waals surface area contributed by atoms with Crippen LogP contribution in [0.2, 0.25) is 0 Å². The molecule has 8 N–H and O–H groups in total. The molecule has 1 aliphatic heterocycles. The lowest BCUT2D eigenvalue weighted by Crippen LogP contribution is -2.35. The Balaban J connectivity index is 1.29. The molecule has 5 heterocycles. The first kappa shape index (κ1) is 32.8. The minimum Gasteiger partial charge on any atom is -0.387 e. The van der Waals surface area contributed by atoms with Crippen LogP contribution in [0.25, 0.3) is 22.3 Å². The van der Waals surface area contributed by atoms with Crippen LogP contribution in [-0.2, 0) is 38.7 Å². The van der Waals surface area contributed by atoms with Crippen LogP contribution in [0.3, 0.4) is 0 Å². The van der Waals surface area contributed by atoms with Crippen molar-refractivity contribution in [3.63, 3.8) is 0 Å². The summed E-state index contributed by atoms with van der Waals surface area (Å²) in [6.45, 7) is -8.88. The predicted molar refractivity (Wildman–Crippen MR) is 161 cm³/mol. The number of methoxy groups -OCH3 is 1. The molecule has 240 valence electrons. The number of aryl methyl sites for hydroxylation is 1. The van der Waals surface area contributed by atoms with Crippen LogP contribution in [-0.4, -0.2) is 93.8 Å². The van der Waals surface area contributed by atoms with Gasteiger partial charge in [-0.05, 0) is 6.42 Å². The molecule has 5 rings (SSSR count). The smallest absolute Gasteiger partial charge is 0.386 e. The van der Waals surface area contributed by atoms with Gasteiger partial charge in [0.15, 0.2) is 29.2 Å². The second-order valence-electron chi connectivity index (χ2n) is 9.48. The minimum atomic E-state index is -4.23. The Morgan fingerprint density at radius 1 is 1.05 bits per heavy atom. The fourth-order valence-corrected chi connectivity index (χ4v) is 6.50. The second-order valence-corrected chi connectivity index (χ2v) is 15.1. The quantitative estimate of drug-likeness (QED) is 0.0743. The van der Waals surface area contributed by atoms with Crippen molar-refractivity contribution in [2.45, 2.75) is 43.6 Å². The number of nitrogens with two attached hydrogens (primary N) is 3. The second kappa shape index (κ2) is 13.0. The Hall–Kier alpha value is -2.62. The third-order valence-corrected chi connectivity index (χ3v) is 9.04. The summed E-state index contributed by atoms with van der Waals surface area (Å²) >= 11 is 7.57. The summed E-state index contributed by atoms with van der Waals surface area (Å²) < 4.78 is 55.5. The number of rotatable bonds is 13. The van der Waals surface area contributed by atoms with Gasteiger partial charge in [-0.3, -0.25) is 18.1 Å². The number of aliphatic hydroxyl groups is 1. The topological polar surface area (TPSA) is 286 Å². The molecule has 44 heavy (non-hydrogen) atoms. The zero-order valence-electron chi connectivity index (χ0n) is 22.8. The monoisotopic (exact) mass is 693 g/mol. The van der Waals surface area contributed by atoms with Crippen LogP contribution in [0, 0.1) is 0 Å². The third-order valence-electron chi connectivity index (χ3n) is 6.59. The summed E-state index contributed by atoms with van der Waals surface area (Å²) in [6, 6.07) is 0. The molecule has 4 aromatic heterocycles. The number of hydrogen-bond donors (Lipinski definition) is 7. The number of imidazole rings is 2. The molecule has 0 radical (unpaired) electrons. The molecule has 1 saturated heterocycles. The van der Waals surface area contributed by atoms with E-state index in [1.54, 1.807) is 4.57 Å². The summed E-state index contributed by atoms with van der Waals surface area (Å²) in [7, 11) is 1.44. The number of aliphatic hydroxyl groups excluding tert-OH is 1. The van der Waals surface area contributed by atoms with E-state index in [2.05, 4.69) is 54.4 Å². The number of nitrogen functional groups attached to an aromatic ring is 3. The SMILES string of the molecule is CO[C@@H](CCn1cnc2c(N)nc(N)nc21)COP(=O)(S)O[C@@H]1[C@H](O)[C@@H](COP(=O)(O)S)O[C@H]1n1cnc2c(N)ncnc21. The van der Waals surface area contributed by atoms with Gasteiger partial charge in [-0.15, -0.1) is 0 Å². The zero-order chi connectivity index (χ0) is 31.8. The van der Waals surface area contributed by atoms with Gasteiger partial charge in [0, 0.05) is 13.7 Å². The van der Waals surface area contributed by atoms with Crippen LogP contribution in [0.5, 0.6) is 0 Å². The Morgan fingerprint density at radius 3 is 2.50 bits per heavy atom. The van der Waals surface area contributed by atoms with Crippen LogP contribution >= 0.6 is 38.1 Å². The highest BCUT2D eigenvalue weighted by Crippen LogP contribution is 2.57. The maximum Gasteiger partial charge on any atom is 0.386 e. The summed E-state index contributed by atoms with van der Waals surface area (Å²) in [5.41, 5.74) is 18.7. The molecule has 7 atom stereocenters. The zero-order valence-corrected chi connectivity index (χ0v) is 26.4. The minimum absolute atomic E-state index is 0.00248. The molecule has 0 amide bonds. The van der Waals surface area contributed by atoms with Gasteiger partial charge >= 0.3 is 13.6 Å². The number of fused-ring (bicyclic) bond motifs is 2. The number of nitrogens with zero attached hydrogens (tertiary/aromatic N) is 8. The van der Waals surface area contributed by atoms with Crippen molar-refractivity contribution in [3.05, 3.63) is 19.0 Å². The molecular formula is C20H29N11O9P2S2. The van der Waals surface area contributed by atoms with E-state index >= 15 is 0 Å². The lowest BCUT2D eigenvalue weighted by Gasteiger charge is -2.25. The summed E-state index contributed by atoms with van der Waals surface area (Å²) in [5, 5.41) is 11.1. The van der Waals surface area contributed by atoms with E-state index in [0.717, 1.165) is 0 Å². The van der Waals surface area contributed by atoms with E-state index in [0.29, 0.717) is 24.1 Å². The van der Waals surface area contributed by atoms with Crippen molar-refractivity contribution < 1.29 is 42.2 Å². The van der Waals surface area contributed by atoms with E-state index in [9.17, 15) is 19.1 Å². The molecule has 4 aromatic rings. The largest absolute Gasteiger partial charge is 0.387 e. The number of thiol groups is 2. The Bertz CT molecular complexity index is 1740. The Kier molecular flexibility index (Phi) is 9.69. The third kappa shape index (κ3) is 7.26. The molecule has 0 aromatic carbocycles. The molecule has 20 nitrogen and oxygen atoms in total. The van der Waals surface area contributed by atoms with Crippen molar-refractivity contribution in [2.75, 3.05) is 37.5 Å². The number of ether oxygens (including phenoxy) is 2. The van der Waals surface area contributed by atoms with Gasteiger partial charge in [0.1, 0.15) is 35.7 Å². The summed E-state index contributed by atoms with van der Waals surface area (Å²) in [4.78, 5) is 33.9. The van der Waals surface area contributed by atoms with E-state index in [-0.39, 0.29) is 35.4 Å². The highest BCUT2D eigenvalue weighted by atomic mass is 32.7. The maximum absolute atomic E-state index is 13.4. The number of hydrogen-bond acceptors (Lipinski definition) is 17. The molecule has 24 heteroatoms. The van der Waals surface area contributed by atoms with E-state index in [4.69, 9.17) is 40.2 Å². The van der Waals surface area contributed by atoms with Crippen molar-refractivity contribution in [1.29, 1.82) is 0 Å². The number of aromatic nitrogens is 8. The first-order valence-corrected chi connectivity index (χ1v) is 18.1. The Labute approximate surface area is 259 Å². The van der Waals surface area contributed by atoms with E-state index in [1.165, 1.54) is 30.7 Å². The van der Waals surface area contributed by atoms with Gasteiger partial charge in [0.2, 0.25) is 5.95 Å². The standard InChI is InChI=1S/C20H29N11O9P2S2/c1-36-9(2-3-30-7-26-12-16(22)28-20(23)29-18(12)30)4-38-42(35,44)40-14-13(32)10(5-37-41(33,34)43)39-19(14)31-8-27-11-15(21)24-6-25-17(11)31/h6-10,13-14,19,32H,2-5H2,1H3,(H,35,44)(H2,21,24,25)(H2,33,34,43)(H4,22,23,28,29)/t9-,10+,13+,14+,19+,42?/m0/s1. The van der Waals surface area contributed by atoms with Crippen molar-refractivity contribution in [2.24, 2.45) is 0 Å². The first-order chi connectivity index (χ1) is 20.8. The first-order valence-electron chi connectivity index (χ1n) is 12.6. The molecule has 2 unspecified atom stereocenters. The molecule has 0 aliphatic carbocycles. The van der Waals surface area contributed by atoms with Crippen LogP contribution in [0.15, 0.2) is 19.0 Å². The van der Waals surface area contributed by atoms with Crippen LogP contribution < -0.4 is 17.2 Å². The fraction of sp³-hybridized carbons (Fsp3) is 0.500. The lowest BCUT2D eigenvalue weighted by molar-refractivity contribution is -0.0462. The van der Waals surface area contributed by atoms with Crippen LogP contribution in [0.1, 0.15) is 12.6 Å². The van der Waals surface area contributed by atoms with E-state index in [1.807, 2.05) is 0 Å². The molecule has 1 fully saturated rings. The maximum atomic E-state index is 13.4. The summed E-state index contributed by atoms with van der Waals surface area (Å²) in [6.07, 6.45) is -1.63. The van der Waals surface area contributed by atoms with Crippen LogP contribution in [0.4, 0.5) is 17.6 Å². The molecule has 0 spiro atoms. The van der Waals surface area contributed by atoms with Crippen molar-refractivity contribution >= 4 is 78.0 Å². The molecular weight excluding hydrogens is 664 g/mol. The van der Waals surface area contributed by atoms with Crippen molar-refractivity contribution in [1.82, 2.24) is 39.0 Å². The Morgan fingerprint density at radius 2 is 1.77 bits per heavy atom. The van der Waals surface area contributed by atoms with Gasteiger partial charge in [-0.1, -0.05) is 24.5 Å². The lowest BCUT2D eigenvalue weighted by atomic mass is 10.1. The van der Waals surface area contributed by atoms with Gasteiger partial charge in [0.25, 0.3) is 0 Å². The molecule has 1 aliphatic rings. The number of anilines is 3. The highest BCUT2D eigenvalue weighted by molar-refractivity contribution is 8.44. The molecule has 0 saturated carbocycles.